The van der Waals surface area contributed by atoms with Crippen LogP contribution in [0.1, 0.15) is 25.5 Å². The van der Waals surface area contributed by atoms with Gasteiger partial charge < -0.3 is 15.0 Å². The van der Waals surface area contributed by atoms with Crippen molar-refractivity contribution < 1.29 is 9.53 Å². The maximum atomic E-state index is 12.7. The molecule has 128 valence electrons. The van der Waals surface area contributed by atoms with Gasteiger partial charge in [-0.2, -0.15) is 0 Å². The van der Waals surface area contributed by atoms with Crippen molar-refractivity contribution in [3.05, 3.63) is 28.8 Å². The standard InChI is InChI=1S/C17H26ClN3O2/c1-12(2)23-15-6-5-13(11-14(15)18)16(17(22)20(3)4)21-9-7-19-8-10-21/h5-6,11-12,16,19H,7-10H2,1-4H3. The Bertz CT molecular complexity index is 543. The Balaban J connectivity index is 2.31. The zero-order chi connectivity index (χ0) is 17.0. The number of rotatable bonds is 5. The van der Waals surface area contributed by atoms with E-state index in [0.717, 1.165) is 31.7 Å². The van der Waals surface area contributed by atoms with E-state index in [-0.39, 0.29) is 18.1 Å². The molecule has 1 aromatic rings. The number of benzene rings is 1. The van der Waals surface area contributed by atoms with Crippen molar-refractivity contribution in [1.29, 1.82) is 0 Å². The van der Waals surface area contributed by atoms with Gasteiger partial charge in [0.1, 0.15) is 11.8 Å². The lowest BCUT2D eigenvalue weighted by Gasteiger charge is -2.35. The van der Waals surface area contributed by atoms with Gasteiger partial charge in [-0.1, -0.05) is 17.7 Å². The first-order valence-electron chi connectivity index (χ1n) is 8.02. The van der Waals surface area contributed by atoms with E-state index in [2.05, 4.69) is 10.2 Å². The van der Waals surface area contributed by atoms with Crippen LogP contribution in [0.5, 0.6) is 5.75 Å². The Morgan fingerprint density at radius 1 is 1.30 bits per heavy atom. The lowest BCUT2D eigenvalue weighted by atomic mass is 10.0. The summed E-state index contributed by atoms with van der Waals surface area (Å²) in [5, 5.41) is 3.86. The highest BCUT2D eigenvalue weighted by Crippen LogP contribution is 2.31. The highest BCUT2D eigenvalue weighted by molar-refractivity contribution is 6.32. The molecule has 0 saturated carbocycles. The Morgan fingerprint density at radius 2 is 1.96 bits per heavy atom. The second-order valence-electron chi connectivity index (χ2n) is 6.28. The average Bonchev–Trinajstić information content (AvgIpc) is 2.50. The summed E-state index contributed by atoms with van der Waals surface area (Å²) in [4.78, 5) is 16.5. The number of amides is 1. The van der Waals surface area contributed by atoms with Crippen LogP contribution in [0.3, 0.4) is 0 Å². The summed E-state index contributed by atoms with van der Waals surface area (Å²) in [5.74, 6) is 0.724. The van der Waals surface area contributed by atoms with E-state index in [1.165, 1.54) is 0 Å². The number of hydrogen-bond donors (Lipinski definition) is 1. The van der Waals surface area contributed by atoms with Crippen molar-refractivity contribution in [1.82, 2.24) is 15.1 Å². The number of piperazine rings is 1. The van der Waals surface area contributed by atoms with Crippen LogP contribution in [0.25, 0.3) is 0 Å². The molecule has 1 N–H and O–H groups in total. The molecule has 1 saturated heterocycles. The van der Waals surface area contributed by atoms with E-state index in [4.69, 9.17) is 16.3 Å². The van der Waals surface area contributed by atoms with Gasteiger partial charge in [0.05, 0.1) is 11.1 Å². The van der Waals surface area contributed by atoms with Crippen molar-refractivity contribution >= 4 is 17.5 Å². The number of carbonyl (C=O) groups excluding carboxylic acids is 1. The molecule has 1 aromatic carbocycles. The van der Waals surface area contributed by atoms with Crippen molar-refractivity contribution in [2.24, 2.45) is 0 Å². The monoisotopic (exact) mass is 339 g/mol. The third-order valence-corrected chi connectivity index (χ3v) is 4.12. The van der Waals surface area contributed by atoms with Crippen LogP contribution in [0.15, 0.2) is 18.2 Å². The molecule has 1 atom stereocenters. The summed E-state index contributed by atoms with van der Waals surface area (Å²) in [5.41, 5.74) is 0.909. The van der Waals surface area contributed by atoms with Crippen LogP contribution in [0.2, 0.25) is 5.02 Å². The molecule has 0 bridgehead atoms. The molecule has 1 fully saturated rings. The van der Waals surface area contributed by atoms with E-state index in [1.807, 2.05) is 32.0 Å². The van der Waals surface area contributed by atoms with Crippen molar-refractivity contribution in [3.63, 3.8) is 0 Å². The predicted molar refractivity (Wildman–Crippen MR) is 93.1 cm³/mol. The molecule has 0 aromatic heterocycles. The summed E-state index contributed by atoms with van der Waals surface area (Å²) < 4.78 is 5.68. The minimum absolute atomic E-state index is 0.0609. The average molecular weight is 340 g/mol. The second-order valence-corrected chi connectivity index (χ2v) is 6.68. The molecule has 0 spiro atoms. The van der Waals surface area contributed by atoms with Gasteiger partial charge in [-0.15, -0.1) is 0 Å². The Kier molecular flexibility index (Phi) is 6.27. The van der Waals surface area contributed by atoms with Crippen LogP contribution < -0.4 is 10.1 Å². The molecular formula is C17H26ClN3O2. The summed E-state index contributed by atoms with van der Waals surface area (Å²) in [6.07, 6.45) is 0.0609. The summed E-state index contributed by atoms with van der Waals surface area (Å²) >= 11 is 6.36. The number of halogens is 1. The van der Waals surface area contributed by atoms with Crippen LogP contribution in [-0.2, 0) is 4.79 Å². The quantitative estimate of drug-likeness (QED) is 0.893. The molecular weight excluding hydrogens is 314 g/mol. The number of nitrogens with zero attached hydrogens (tertiary/aromatic N) is 2. The molecule has 6 heteroatoms. The SMILES string of the molecule is CC(C)Oc1ccc(C(C(=O)N(C)C)N2CCNCC2)cc1Cl. The van der Waals surface area contributed by atoms with Gasteiger partial charge in [-0.3, -0.25) is 9.69 Å². The number of ether oxygens (including phenoxy) is 1. The van der Waals surface area contributed by atoms with E-state index in [9.17, 15) is 4.79 Å². The summed E-state index contributed by atoms with van der Waals surface area (Å²) in [6, 6.07) is 5.35. The van der Waals surface area contributed by atoms with Crippen molar-refractivity contribution in [2.75, 3.05) is 40.3 Å². The highest BCUT2D eigenvalue weighted by atomic mass is 35.5. The van der Waals surface area contributed by atoms with Gasteiger partial charge in [0.2, 0.25) is 5.91 Å². The minimum atomic E-state index is -0.308. The third kappa shape index (κ3) is 4.59. The first-order valence-corrected chi connectivity index (χ1v) is 8.40. The molecule has 0 radical (unpaired) electrons. The lowest BCUT2D eigenvalue weighted by molar-refractivity contribution is -0.135. The third-order valence-electron chi connectivity index (χ3n) is 3.83. The molecule has 1 heterocycles. The zero-order valence-corrected chi connectivity index (χ0v) is 15.1. The van der Waals surface area contributed by atoms with Crippen LogP contribution in [-0.4, -0.2) is 62.1 Å². The molecule has 0 aliphatic carbocycles. The van der Waals surface area contributed by atoms with Crippen molar-refractivity contribution in [3.8, 4) is 5.75 Å². The van der Waals surface area contributed by atoms with E-state index < -0.39 is 0 Å². The van der Waals surface area contributed by atoms with Crippen molar-refractivity contribution in [2.45, 2.75) is 26.0 Å². The molecule has 23 heavy (non-hydrogen) atoms. The Labute approximate surface area is 143 Å². The first-order chi connectivity index (χ1) is 10.9. The van der Waals surface area contributed by atoms with Gasteiger partial charge in [0.15, 0.2) is 0 Å². The second kappa shape index (κ2) is 7.99. The molecule has 1 unspecified atom stereocenters. The lowest BCUT2D eigenvalue weighted by Crippen LogP contribution is -2.49. The first kappa shape index (κ1) is 18.0. The fourth-order valence-electron chi connectivity index (χ4n) is 2.73. The normalized spacial score (nSPS) is 17.1. The van der Waals surface area contributed by atoms with Crippen LogP contribution >= 0.6 is 11.6 Å². The highest BCUT2D eigenvalue weighted by Gasteiger charge is 2.30. The fraction of sp³-hybridized carbons (Fsp3) is 0.588. The smallest absolute Gasteiger partial charge is 0.244 e. The van der Waals surface area contributed by atoms with E-state index >= 15 is 0 Å². The molecule has 2 rings (SSSR count). The summed E-state index contributed by atoms with van der Waals surface area (Å²) in [6.45, 7) is 7.38. The maximum absolute atomic E-state index is 12.7. The van der Waals surface area contributed by atoms with Crippen LogP contribution in [0, 0.1) is 0 Å². The fourth-order valence-corrected chi connectivity index (χ4v) is 2.96. The molecule has 1 aliphatic heterocycles. The Hall–Kier alpha value is -1.30. The number of carbonyl (C=O) groups is 1. The Morgan fingerprint density at radius 3 is 2.48 bits per heavy atom. The molecule has 1 aliphatic rings. The number of hydrogen-bond acceptors (Lipinski definition) is 4. The van der Waals surface area contributed by atoms with Gasteiger partial charge in [0.25, 0.3) is 0 Å². The van der Waals surface area contributed by atoms with Gasteiger partial charge in [-0.25, -0.2) is 0 Å². The number of likely N-dealkylation sites (N-methyl/N-ethyl adjacent to an activating group) is 1. The van der Waals surface area contributed by atoms with E-state index in [0.29, 0.717) is 10.8 Å². The van der Waals surface area contributed by atoms with Gasteiger partial charge in [-0.05, 0) is 31.5 Å². The number of nitrogens with one attached hydrogen (secondary N) is 1. The maximum Gasteiger partial charge on any atom is 0.244 e. The van der Waals surface area contributed by atoms with Gasteiger partial charge >= 0.3 is 0 Å². The zero-order valence-electron chi connectivity index (χ0n) is 14.3. The van der Waals surface area contributed by atoms with Gasteiger partial charge in [0, 0.05) is 40.3 Å². The summed E-state index contributed by atoms with van der Waals surface area (Å²) in [7, 11) is 3.57. The van der Waals surface area contributed by atoms with E-state index in [1.54, 1.807) is 19.0 Å². The molecule has 5 nitrogen and oxygen atoms in total. The topological polar surface area (TPSA) is 44.8 Å². The predicted octanol–water partition coefficient (Wildman–Crippen LogP) is 2.16. The minimum Gasteiger partial charge on any atom is -0.489 e. The van der Waals surface area contributed by atoms with Crippen LogP contribution in [0.4, 0.5) is 0 Å². The molecule has 1 amide bonds. The largest absolute Gasteiger partial charge is 0.489 e.